The molecule has 0 aromatic carbocycles. The lowest BCUT2D eigenvalue weighted by Crippen LogP contribution is -2.34. The molecule has 0 aliphatic heterocycles. The van der Waals surface area contributed by atoms with Crippen LogP contribution in [-0.2, 0) is 19.4 Å². The van der Waals surface area contributed by atoms with Crippen LogP contribution in [0.1, 0.15) is 27.2 Å². The summed E-state index contributed by atoms with van der Waals surface area (Å²) >= 11 is 0. The van der Waals surface area contributed by atoms with Gasteiger partial charge in [-0.25, -0.2) is 8.42 Å². The van der Waals surface area contributed by atoms with Crippen LogP contribution in [0.4, 0.5) is 0 Å². The van der Waals surface area contributed by atoms with Crippen molar-refractivity contribution in [3.63, 3.8) is 0 Å². The zero-order chi connectivity index (χ0) is 10.6. The summed E-state index contributed by atoms with van der Waals surface area (Å²) in [5, 5.41) is -1.56. The van der Waals surface area contributed by atoms with Crippen molar-refractivity contribution in [2.24, 2.45) is 0 Å². The van der Waals surface area contributed by atoms with E-state index in [2.05, 4.69) is 4.74 Å². The van der Waals surface area contributed by atoms with Gasteiger partial charge < -0.3 is 4.74 Å². The zero-order valence-electron chi connectivity index (χ0n) is 8.40. The van der Waals surface area contributed by atoms with Gasteiger partial charge in [0.25, 0.3) is 0 Å². The fourth-order valence-electron chi connectivity index (χ4n) is 0.881. The van der Waals surface area contributed by atoms with Gasteiger partial charge in [0.05, 0.1) is 12.4 Å². The summed E-state index contributed by atoms with van der Waals surface area (Å²) in [4.78, 5) is 11.0. The normalized spacial score (nSPS) is 16.3. The van der Waals surface area contributed by atoms with Crippen molar-refractivity contribution in [2.45, 2.75) is 37.7 Å². The third kappa shape index (κ3) is 2.69. The van der Waals surface area contributed by atoms with Crippen LogP contribution in [0.15, 0.2) is 0 Å². The number of carbonyl (C=O) groups excluding carboxylic acids is 1. The molecule has 0 aliphatic carbocycles. The molecule has 0 N–H and O–H groups in total. The van der Waals surface area contributed by atoms with Crippen LogP contribution in [0.5, 0.6) is 0 Å². The number of ether oxygens (including phenoxy) is 1. The standard InChI is InChI=1S/C8H16O4S/c1-5-6(2)13(10,11)7(3)8(9)12-4/h6-7H,5H2,1-4H3. The van der Waals surface area contributed by atoms with Crippen LogP contribution in [0.2, 0.25) is 0 Å². The number of rotatable bonds is 4. The van der Waals surface area contributed by atoms with E-state index in [1.807, 2.05) is 0 Å². The number of methoxy groups -OCH3 is 1. The van der Waals surface area contributed by atoms with Crippen molar-refractivity contribution in [2.75, 3.05) is 7.11 Å². The molecule has 0 aliphatic rings. The Morgan fingerprint density at radius 2 is 1.85 bits per heavy atom. The summed E-state index contributed by atoms with van der Waals surface area (Å²) in [6, 6.07) is 0. The third-order valence-electron chi connectivity index (χ3n) is 2.16. The van der Waals surface area contributed by atoms with Gasteiger partial charge in [-0.15, -0.1) is 0 Å². The quantitative estimate of drug-likeness (QED) is 0.640. The fourth-order valence-corrected chi connectivity index (χ4v) is 2.41. The number of carbonyl (C=O) groups is 1. The highest BCUT2D eigenvalue weighted by Gasteiger charge is 2.32. The van der Waals surface area contributed by atoms with Crippen LogP contribution in [0.3, 0.4) is 0 Å². The molecular weight excluding hydrogens is 192 g/mol. The molecule has 4 nitrogen and oxygen atoms in total. The van der Waals surface area contributed by atoms with E-state index in [0.717, 1.165) is 0 Å². The Morgan fingerprint density at radius 1 is 1.38 bits per heavy atom. The first-order valence-electron chi connectivity index (χ1n) is 4.18. The molecule has 0 radical (unpaired) electrons. The Labute approximate surface area is 79.2 Å². The summed E-state index contributed by atoms with van der Waals surface area (Å²) < 4.78 is 27.5. The van der Waals surface area contributed by atoms with E-state index in [4.69, 9.17) is 0 Å². The minimum absolute atomic E-state index is 0.499. The summed E-state index contributed by atoms with van der Waals surface area (Å²) in [5.41, 5.74) is 0. The highest BCUT2D eigenvalue weighted by molar-refractivity contribution is 7.93. The van der Waals surface area contributed by atoms with Gasteiger partial charge in [-0.1, -0.05) is 6.92 Å². The van der Waals surface area contributed by atoms with E-state index in [1.54, 1.807) is 13.8 Å². The Balaban J connectivity index is 4.75. The Bertz CT molecular complexity index is 268. The second-order valence-electron chi connectivity index (χ2n) is 2.97. The fraction of sp³-hybridized carbons (Fsp3) is 0.875. The third-order valence-corrected chi connectivity index (χ3v) is 4.79. The van der Waals surface area contributed by atoms with Gasteiger partial charge in [0.2, 0.25) is 0 Å². The van der Waals surface area contributed by atoms with Crippen LogP contribution < -0.4 is 0 Å². The highest BCUT2D eigenvalue weighted by Crippen LogP contribution is 2.13. The van der Waals surface area contributed by atoms with E-state index >= 15 is 0 Å². The average molecular weight is 208 g/mol. The van der Waals surface area contributed by atoms with Crippen molar-refractivity contribution in [1.82, 2.24) is 0 Å². The Hall–Kier alpha value is -0.580. The molecular formula is C8H16O4S. The molecule has 0 spiro atoms. The molecule has 0 aromatic heterocycles. The van der Waals surface area contributed by atoms with Gasteiger partial charge in [0, 0.05) is 0 Å². The van der Waals surface area contributed by atoms with Crippen LogP contribution >= 0.6 is 0 Å². The maximum Gasteiger partial charge on any atom is 0.323 e. The van der Waals surface area contributed by atoms with Gasteiger partial charge in [0.1, 0.15) is 0 Å². The SMILES string of the molecule is CCC(C)S(=O)(=O)C(C)C(=O)OC. The second kappa shape index (κ2) is 4.60. The van der Waals surface area contributed by atoms with Crippen molar-refractivity contribution >= 4 is 15.8 Å². The Kier molecular flexibility index (Phi) is 4.39. The van der Waals surface area contributed by atoms with E-state index in [0.29, 0.717) is 6.42 Å². The summed E-state index contributed by atoms with van der Waals surface area (Å²) in [6.45, 7) is 4.72. The predicted octanol–water partition coefficient (Wildman–Crippen LogP) is 0.761. The van der Waals surface area contributed by atoms with E-state index in [9.17, 15) is 13.2 Å². The van der Waals surface area contributed by atoms with Crippen LogP contribution in [0.25, 0.3) is 0 Å². The molecule has 0 saturated carbocycles. The van der Waals surface area contributed by atoms with Gasteiger partial charge in [-0.3, -0.25) is 4.79 Å². The number of hydrogen-bond acceptors (Lipinski definition) is 4. The maximum absolute atomic E-state index is 11.6. The summed E-state index contributed by atoms with van der Waals surface area (Å²) in [6.07, 6.45) is 0.504. The molecule has 0 aromatic rings. The molecule has 0 bridgehead atoms. The summed E-state index contributed by atoms with van der Waals surface area (Å²) in [5.74, 6) is -0.694. The van der Waals surface area contributed by atoms with Gasteiger partial charge in [-0.05, 0) is 20.3 Å². The summed E-state index contributed by atoms with van der Waals surface area (Å²) in [7, 11) is -2.19. The highest BCUT2D eigenvalue weighted by atomic mass is 32.2. The van der Waals surface area contributed by atoms with Gasteiger partial charge in [0.15, 0.2) is 15.1 Å². The maximum atomic E-state index is 11.6. The molecule has 2 unspecified atom stereocenters. The van der Waals surface area contributed by atoms with Crippen molar-refractivity contribution < 1.29 is 17.9 Å². The molecule has 0 heterocycles. The number of sulfone groups is 1. The second-order valence-corrected chi connectivity index (χ2v) is 5.66. The number of esters is 1. The monoisotopic (exact) mass is 208 g/mol. The molecule has 13 heavy (non-hydrogen) atoms. The molecule has 0 amide bonds. The van der Waals surface area contributed by atoms with Crippen molar-refractivity contribution in [3.8, 4) is 0 Å². The van der Waals surface area contributed by atoms with Crippen molar-refractivity contribution in [1.29, 1.82) is 0 Å². The first-order chi connectivity index (χ1) is 5.87. The average Bonchev–Trinajstić information content (AvgIpc) is 2.13. The largest absolute Gasteiger partial charge is 0.468 e. The predicted molar refractivity (Wildman–Crippen MR) is 50.2 cm³/mol. The molecule has 0 rings (SSSR count). The minimum atomic E-state index is -3.37. The first-order valence-corrected chi connectivity index (χ1v) is 5.79. The molecule has 2 atom stereocenters. The van der Waals surface area contributed by atoms with Gasteiger partial charge >= 0.3 is 5.97 Å². The molecule has 0 fully saturated rings. The van der Waals surface area contributed by atoms with E-state index in [1.165, 1.54) is 14.0 Å². The van der Waals surface area contributed by atoms with Crippen molar-refractivity contribution in [3.05, 3.63) is 0 Å². The first kappa shape index (κ1) is 12.4. The molecule has 0 saturated heterocycles. The lowest BCUT2D eigenvalue weighted by Gasteiger charge is -2.15. The molecule has 5 heteroatoms. The molecule has 78 valence electrons. The van der Waals surface area contributed by atoms with E-state index in [-0.39, 0.29) is 0 Å². The lowest BCUT2D eigenvalue weighted by atomic mass is 10.4. The smallest absolute Gasteiger partial charge is 0.323 e. The lowest BCUT2D eigenvalue weighted by molar-refractivity contribution is -0.139. The van der Waals surface area contributed by atoms with Crippen LogP contribution in [0, 0.1) is 0 Å². The van der Waals surface area contributed by atoms with E-state index < -0.39 is 26.3 Å². The number of hydrogen-bond donors (Lipinski definition) is 0. The van der Waals surface area contributed by atoms with Gasteiger partial charge in [-0.2, -0.15) is 0 Å². The Morgan fingerprint density at radius 3 is 2.15 bits per heavy atom. The topological polar surface area (TPSA) is 60.4 Å². The van der Waals surface area contributed by atoms with Crippen LogP contribution in [-0.4, -0.2) is 32.0 Å². The minimum Gasteiger partial charge on any atom is -0.468 e. The zero-order valence-corrected chi connectivity index (χ0v) is 9.22.